The highest BCUT2D eigenvalue weighted by Crippen LogP contribution is 2.34. The molecule has 0 radical (unpaired) electrons. The Balaban J connectivity index is 1.97. The minimum Gasteiger partial charge on any atom is -0.0622 e. The van der Waals surface area contributed by atoms with Gasteiger partial charge in [0.05, 0.1) is 0 Å². The van der Waals surface area contributed by atoms with Crippen LogP contribution in [0.4, 0.5) is 0 Å². The minimum atomic E-state index is 0.660. The molecule has 0 aliphatic carbocycles. The second-order valence-electron chi connectivity index (χ2n) is 4.83. The average Bonchev–Trinajstić information content (AvgIpc) is 2.57. The third-order valence-electron chi connectivity index (χ3n) is 3.25. The number of hydrogen-bond acceptors (Lipinski definition) is 0. The smallest absolute Gasteiger partial charge is 0.0148 e. The van der Waals surface area contributed by atoms with Gasteiger partial charge in [0.25, 0.3) is 0 Å². The summed E-state index contributed by atoms with van der Waals surface area (Å²) >= 11 is 0. The average molecular weight is 288 g/mol. The Morgan fingerprint density at radius 2 is 1.14 bits per heavy atom. The first-order valence-corrected chi connectivity index (χ1v) is 8.06. The van der Waals surface area contributed by atoms with Gasteiger partial charge in [0.1, 0.15) is 0 Å². The quantitative estimate of drug-likeness (QED) is 0.458. The highest BCUT2D eigenvalue weighted by molar-refractivity contribution is 7.58. The summed E-state index contributed by atoms with van der Waals surface area (Å²) in [6.07, 6.45) is 2.29. The molecule has 0 aromatic heterocycles. The summed E-state index contributed by atoms with van der Waals surface area (Å²) in [4.78, 5) is 0. The summed E-state index contributed by atoms with van der Waals surface area (Å²) < 4.78 is 0. The maximum atomic E-state index is 2.29. The zero-order valence-corrected chi connectivity index (χ0v) is 12.7. The molecule has 3 aromatic rings. The molecule has 0 aliphatic heterocycles. The van der Waals surface area contributed by atoms with Gasteiger partial charge in [-0.1, -0.05) is 99.6 Å². The molecule has 0 heterocycles. The van der Waals surface area contributed by atoms with Crippen molar-refractivity contribution in [1.29, 1.82) is 0 Å². The van der Waals surface area contributed by atoms with Crippen molar-refractivity contribution in [3.05, 3.63) is 102 Å². The summed E-state index contributed by atoms with van der Waals surface area (Å²) in [6.45, 7) is 0. The van der Waals surface area contributed by atoms with Crippen LogP contribution in [-0.2, 0) is 0 Å². The first kappa shape index (κ1) is 13.8. The van der Waals surface area contributed by atoms with Crippen LogP contribution in [0.5, 0.6) is 0 Å². The van der Waals surface area contributed by atoms with E-state index in [0.29, 0.717) is 8.58 Å². The molecular formula is C20H17P. The van der Waals surface area contributed by atoms with E-state index in [0.717, 1.165) is 0 Å². The molecule has 21 heavy (non-hydrogen) atoms. The number of hydrogen-bond donors (Lipinski definition) is 0. The van der Waals surface area contributed by atoms with Crippen LogP contribution < -0.4 is 5.30 Å². The Morgan fingerprint density at radius 1 is 0.619 bits per heavy atom. The molecule has 0 bridgehead atoms. The fourth-order valence-electron chi connectivity index (χ4n) is 2.20. The summed E-state index contributed by atoms with van der Waals surface area (Å²) in [5.41, 5.74) is 2.54. The van der Waals surface area contributed by atoms with Gasteiger partial charge in [-0.2, -0.15) is 0 Å². The van der Waals surface area contributed by atoms with Gasteiger partial charge in [-0.05, 0) is 27.8 Å². The Bertz CT molecular complexity index is 701. The largest absolute Gasteiger partial charge is 0.0622 e. The predicted molar refractivity (Wildman–Crippen MR) is 95.1 cm³/mol. The van der Waals surface area contributed by atoms with Crippen LogP contribution in [0, 0.1) is 0 Å². The molecule has 0 saturated heterocycles. The third kappa shape index (κ3) is 3.90. The Morgan fingerprint density at radius 3 is 1.76 bits per heavy atom. The topological polar surface area (TPSA) is 0 Å². The van der Waals surface area contributed by atoms with Gasteiger partial charge in [0.2, 0.25) is 0 Å². The van der Waals surface area contributed by atoms with E-state index < -0.39 is 0 Å². The number of benzene rings is 3. The van der Waals surface area contributed by atoms with Crippen LogP contribution >= 0.6 is 8.58 Å². The van der Waals surface area contributed by atoms with Crippen LogP contribution in [0.3, 0.4) is 0 Å². The van der Waals surface area contributed by atoms with E-state index >= 15 is 0 Å². The minimum absolute atomic E-state index is 0.660. The van der Waals surface area contributed by atoms with E-state index in [1.54, 1.807) is 0 Å². The molecule has 0 nitrogen and oxygen atoms in total. The normalized spacial score (nSPS) is 11.9. The van der Waals surface area contributed by atoms with Crippen molar-refractivity contribution in [2.75, 3.05) is 0 Å². The van der Waals surface area contributed by atoms with Crippen molar-refractivity contribution in [2.45, 2.75) is 0 Å². The lowest BCUT2D eigenvalue weighted by atomic mass is 10.1. The van der Waals surface area contributed by atoms with E-state index in [1.807, 2.05) is 0 Å². The predicted octanol–water partition coefficient (Wildman–Crippen LogP) is 5.19. The molecule has 0 fully saturated rings. The van der Waals surface area contributed by atoms with Gasteiger partial charge in [-0.15, -0.1) is 0 Å². The van der Waals surface area contributed by atoms with Gasteiger partial charge in [0, 0.05) is 0 Å². The van der Waals surface area contributed by atoms with Gasteiger partial charge in [-0.25, -0.2) is 0 Å². The van der Waals surface area contributed by atoms with Crippen LogP contribution in [0.1, 0.15) is 11.1 Å². The maximum Gasteiger partial charge on any atom is -0.0148 e. The molecule has 102 valence electrons. The first-order valence-electron chi connectivity index (χ1n) is 7.06. The molecule has 1 atom stereocenters. The second kappa shape index (κ2) is 7.02. The lowest BCUT2D eigenvalue weighted by Gasteiger charge is -2.09. The van der Waals surface area contributed by atoms with E-state index in [1.165, 1.54) is 21.7 Å². The van der Waals surface area contributed by atoms with Crippen molar-refractivity contribution in [3.8, 4) is 0 Å². The molecule has 1 heteroatoms. The third-order valence-corrected chi connectivity index (χ3v) is 4.57. The highest BCUT2D eigenvalue weighted by atomic mass is 31.1. The van der Waals surface area contributed by atoms with Crippen molar-refractivity contribution >= 4 is 25.3 Å². The SMILES string of the molecule is C(=C(\Pc1ccccc1)c1ccccc1)/c1ccccc1. The molecule has 0 N–H and O–H groups in total. The number of rotatable bonds is 4. The molecule has 0 aliphatic rings. The first-order chi connectivity index (χ1) is 10.4. The monoisotopic (exact) mass is 288 g/mol. The van der Waals surface area contributed by atoms with Crippen LogP contribution in [0.25, 0.3) is 11.4 Å². The van der Waals surface area contributed by atoms with Gasteiger partial charge >= 0.3 is 0 Å². The zero-order chi connectivity index (χ0) is 14.3. The zero-order valence-electron chi connectivity index (χ0n) is 11.7. The molecular weight excluding hydrogens is 271 g/mol. The molecule has 0 saturated carbocycles. The van der Waals surface area contributed by atoms with E-state index in [4.69, 9.17) is 0 Å². The summed E-state index contributed by atoms with van der Waals surface area (Å²) in [7, 11) is 0.660. The van der Waals surface area contributed by atoms with Gasteiger partial charge in [-0.3, -0.25) is 0 Å². The lowest BCUT2D eigenvalue weighted by molar-refractivity contribution is 1.64. The van der Waals surface area contributed by atoms with Crippen molar-refractivity contribution in [1.82, 2.24) is 0 Å². The van der Waals surface area contributed by atoms with Crippen LogP contribution in [0.15, 0.2) is 91.0 Å². The van der Waals surface area contributed by atoms with E-state index in [9.17, 15) is 0 Å². The van der Waals surface area contributed by atoms with Crippen LogP contribution in [-0.4, -0.2) is 0 Å². The summed E-state index contributed by atoms with van der Waals surface area (Å²) in [5.74, 6) is 0. The molecule has 1 unspecified atom stereocenters. The second-order valence-corrected chi connectivity index (χ2v) is 6.19. The Labute approximate surface area is 128 Å². The van der Waals surface area contributed by atoms with E-state index in [-0.39, 0.29) is 0 Å². The molecule has 0 spiro atoms. The highest BCUT2D eigenvalue weighted by Gasteiger charge is 2.03. The maximum absolute atomic E-state index is 2.29. The lowest BCUT2D eigenvalue weighted by Crippen LogP contribution is -1.92. The molecule has 3 aromatic carbocycles. The molecule has 3 rings (SSSR count). The summed E-state index contributed by atoms with van der Waals surface area (Å²) in [5, 5.41) is 2.73. The van der Waals surface area contributed by atoms with E-state index in [2.05, 4.69) is 97.1 Å². The van der Waals surface area contributed by atoms with Gasteiger partial charge < -0.3 is 0 Å². The summed E-state index contributed by atoms with van der Waals surface area (Å²) in [6, 6.07) is 31.8. The fourth-order valence-corrected chi connectivity index (χ4v) is 3.42. The van der Waals surface area contributed by atoms with Crippen molar-refractivity contribution in [3.63, 3.8) is 0 Å². The van der Waals surface area contributed by atoms with Gasteiger partial charge in [0.15, 0.2) is 0 Å². The van der Waals surface area contributed by atoms with Crippen molar-refractivity contribution in [2.24, 2.45) is 0 Å². The molecule has 0 amide bonds. The standard InChI is InChI=1S/C20H17P/c1-4-10-17(11-5-1)16-20(18-12-6-2-7-13-18)21-19-14-8-3-9-15-19/h1-16,21H/b20-16+. The Hall–Kier alpha value is -2.17. The van der Waals surface area contributed by atoms with Crippen molar-refractivity contribution < 1.29 is 0 Å². The Kier molecular flexibility index (Phi) is 4.61. The van der Waals surface area contributed by atoms with Crippen LogP contribution in [0.2, 0.25) is 0 Å². The fraction of sp³-hybridized carbons (Fsp3) is 0.